The molecule has 2 heterocycles. The summed E-state index contributed by atoms with van der Waals surface area (Å²) in [4.78, 5) is 14.6. The fourth-order valence-electron chi connectivity index (χ4n) is 5.09. The van der Waals surface area contributed by atoms with Gasteiger partial charge in [-0.25, -0.2) is 9.97 Å². The highest BCUT2D eigenvalue weighted by Gasteiger charge is 2.31. The van der Waals surface area contributed by atoms with Gasteiger partial charge in [-0.15, -0.1) is 0 Å². The summed E-state index contributed by atoms with van der Waals surface area (Å²) in [5.74, 6) is 2.72. The number of fused-ring (bicyclic) bond motifs is 1. The predicted molar refractivity (Wildman–Crippen MR) is 159 cm³/mol. The molecule has 200 valence electrons. The van der Waals surface area contributed by atoms with Gasteiger partial charge in [-0.05, 0) is 54.2 Å². The minimum atomic E-state index is 0.0613. The lowest BCUT2D eigenvalue weighted by Gasteiger charge is -2.18. The fourth-order valence-corrected chi connectivity index (χ4v) is 5.09. The Hall–Kier alpha value is -4.19. The first-order chi connectivity index (χ1) is 19.0. The maximum Gasteiger partial charge on any atom is 0.223 e. The highest BCUT2D eigenvalue weighted by molar-refractivity contribution is 6.18. The van der Waals surface area contributed by atoms with Crippen molar-refractivity contribution in [2.45, 2.75) is 40.2 Å². The van der Waals surface area contributed by atoms with Gasteiger partial charge in [0.25, 0.3) is 0 Å². The average molecular weight is 521 g/mol. The van der Waals surface area contributed by atoms with Gasteiger partial charge in [-0.1, -0.05) is 57.2 Å². The van der Waals surface area contributed by atoms with Gasteiger partial charge in [0, 0.05) is 41.4 Å². The first-order valence-electron chi connectivity index (χ1n) is 13.6. The maximum atomic E-state index is 5.56. The molecule has 1 atom stereocenters. The summed E-state index contributed by atoms with van der Waals surface area (Å²) in [5.41, 5.74) is 8.77. The number of nitrogens with one attached hydrogen (secondary N) is 1. The molecule has 5 rings (SSSR count). The molecular weight excluding hydrogens is 484 g/mol. The number of nitrogens with zero attached hydrogens (tertiary/aromatic N) is 3. The Kier molecular flexibility index (Phi) is 7.92. The Morgan fingerprint density at radius 3 is 2.54 bits per heavy atom. The van der Waals surface area contributed by atoms with Gasteiger partial charge in [0.2, 0.25) is 5.95 Å². The van der Waals surface area contributed by atoms with E-state index in [9.17, 15) is 0 Å². The van der Waals surface area contributed by atoms with Crippen molar-refractivity contribution in [3.05, 3.63) is 101 Å². The van der Waals surface area contributed by atoms with Crippen molar-refractivity contribution in [2.75, 3.05) is 19.5 Å². The maximum absolute atomic E-state index is 5.56. The summed E-state index contributed by atoms with van der Waals surface area (Å²) in [5, 5.41) is 3.37. The lowest BCUT2D eigenvalue weighted by Crippen LogP contribution is -2.14. The van der Waals surface area contributed by atoms with Crippen molar-refractivity contribution in [3.8, 4) is 11.5 Å². The number of hydrogen-bond acceptors (Lipinski definition) is 6. The lowest BCUT2D eigenvalue weighted by molar-refractivity contribution is 0.391. The summed E-state index contributed by atoms with van der Waals surface area (Å²) >= 11 is 0. The van der Waals surface area contributed by atoms with E-state index in [1.807, 2.05) is 30.5 Å². The van der Waals surface area contributed by atoms with Crippen LogP contribution in [0, 0.1) is 11.8 Å². The summed E-state index contributed by atoms with van der Waals surface area (Å²) in [6.45, 7) is 7.19. The number of aliphatic imine (C=N–C) groups is 1. The second kappa shape index (κ2) is 11.7. The van der Waals surface area contributed by atoms with E-state index in [0.29, 0.717) is 18.4 Å². The molecule has 6 heteroatoms. The molecule has 0 saturated carbocycles. The zero-order valence-corrected chi connectivity index (χ0v) is 23.4. The number of methoxy groups -OCH3 is 2. The van der Waals surface area contributed by atoms with Crippen molar-refractivity contribution >= 4 is 22.9 Å². The minimum absolute atomic E-state index is 0.0613. The van der Waals surface area contributed by atoms with Crippen LogP contribution in [0.15, 0.2) is 83.5 Å². The Bertz CT molecular complexity index is 1470. The first kappa shape index (κ1) is 26.4. The zero-order chi connectivity index (χ0) is 27.4. The molecule has 1 N–H and O–H groups in total. The van der Waals surface area contributed by atoms with E-state index in [1.54, 1.807) is 14.2 Å². The summed E-state index contributed by atoms with van der Waals surface area (Å²) in [7, 11) is 3.31. The van der Waals surface area contributed by atoms with Crippen molar-refractivity contribution in [3.63, 3.8) is 0 Å². The van der Waals surface area contributed by atoms with E-state index in [-0.39, 0.29) is 5.92 Å². The van der Waals surface area contributed by atoms with E-state index in [0.717, 1.165) is 58.1 Å². The van der Waals surface area contributed by atoms with Crippen LogP contribution < -0.4 is 14.8 Å². The third-order valence-electron chi connectivity index (χ3n) is 7.10. The smallest absolute Gasteiger partial charge is 0.223 e. The number of benzene rings is 2. The third-order valence-corrected chi connectivity index (χ3v) is 7.10. The largest absolute Gasteiger partial charge is 0.497 e. The number of aryl methyl sites for hydroxylation is 1. The van der Waals surface area contributed by atoms with Crippen molar-refractivity contribution in [1.29, 1.82) is 0 Å². The number of anilines is 1. The SMILES string of the molecule is CCc1ccc(C2=C(c3ccnc(NCc4ccc(OC)cc4OC)n3)C3C=CC(CC(C)C)=CC3=N2)cc1. The highest BCUT2D eigenvalue weighted by atomic mass is 16.5. The van der Waals surface area contributed by atoms with E-state index >= 15 is 0 Å². The van der Waals surface area contributed by atoms with Gasteiger partial charge >= 0.3 is 0 Å². The zero-order valence-electron chi connectivity index (χ0n) is 23.4. The molecule has 39 heavy (non-hydrogen) atoms. The van der Waals surface area contributed by atoms with Crippen LogP contribution in [0.2, 0.25) is 0 Å². The van der Waals surface area contributed by atoms with Crippen LogP contribution in [0.25, 0.3) is 11.3 Å². The topological polar surface area (TPSA) is 68.6 Å². The third kappa shape index (κ3) is 5.80. The molecule has 0 spiro atoms. The predicted octanol–water partition coefficient (Wildman–Crippen LogP) is 7.15. The first-order valence-corrected chi connectivity index (χ1v) is 13.6. The molecule has 3 aromatic rings. The van der Waals surface area contributed by atoms with Crippen molar-refractivity contribution in [1.82, 2.24) is 9.97 Å². The monoisotopic (exact) mass is 520 g/mol. The Morgan fingerprint density at radius 1 is 1.00 bits per heavy atom. The number of rotatable bonds is 10. The quantitative estimate of drug-likeness (QED) is 0.307. The van der Waals surface area contributed by atoms with E-state index in [2.05, 4.69) is 73.6 Å². The standard InChI is InChI=1S/C33H36N4O2/c1-6-22-7-10-24(11-8-22)32-31(27-14-9-23(17-21(2)3)18-29(27)36-32)28-15-16-34-33(37-28)35-20-25-12-13-26(38-4)19-30(25)39-5/h7-16,18-19,21,27H,6,17,20H2,1-5H3,(H,34,35,37). The molecule has 0 saturated heterocycles. The number of aromatic nitrogens is 2. The minimum Gasteiger partial charge on any atom is -0.497 e. The molecule has 1 aromatic heterocycles. The van der Waals surface area contributed by atoms with Gasteiger partial charge < -0.3 is 14.8 Å². The molecular formula is C33H36N4O2. The molecule has 0 radical (unpaired) electrons. The van der Waals surface area contributed by atoms with Gasteiger partial charge in [0.05, 0.1) is 31.3 Å². The molecule has 0 amide bonds. The average Bonchev–Trinajstić information content (AvgIpc) is 3.34. The summed E-state index contributed by atoms with van der Waals surface area (Å²) < 4.78 is 10.9. The molecule has 2 aromatic carbocycles. The molecule has 6 nitrogen and oxygen atoms in total. The number of ether oxygens (including phenoxy) is 2. The number of hydrogen-bond donors (Lipinski definition) is 1. The van der Waals surface area contributed by atoms with Crippen LogP contribution in [-0.2, 0) is 13.0 Å². The highest BCUT2D eigenvalue weighted by Crippen LogP contribution is 2.42. The Labute approximate surface area is 231 Å². The van der Waals surface area contributed by atoms with E-state index < -0.39 is 0 Å². The number of allylic oxidation sites excluding steroid dienone is 5. The fraction of sp³-hybridized carbons (Fsp3) is 0.303. The van der Waals surface area contributed by atoms with Crippen molar-refractivity contribution in [2.24, 2.45) is 16.8 Å². The van der Waals surface area contributed by atoms with Crippen LogP contribution in [0.3, 0.4) is 0 Å². The molecule has 2 aliphatic rings. The van der Waals surface area contributed by atoms with E-state index in [1.165, 1.54) is 11.1 Å². The normalized spacial score (nSPS) is 16.2. The van der Waals surface area contributed by atoms with Crippen LogP contribution >= 0.6 is 0 Å². The summed E-state index contributed by atoms with van der Waals surface area (Å²) in [6, 6.07) is 16.5. The Morgan fingerprint density at radius 2 is 1.82 bits per heavy atom. The second-order valence-electron chi connectivity index (χ2n) is 10.3. The molecule has 1 unspecified atom stereocenters. The van der Waals surface area contributed by atoms with Gasteiger partial charge in [-0.2, -0.15) is 0 Å². The van der Waals surface area contributed by atoms with Gasteiger partial charge in [-0.3, -0.25) is 4.99 Å². The van der Waals surface area contributed by atoms with Crippen LogP contribution in [0.1, 0.15) is 49.6 Å². The molecule has 0 bridgehead atoms. The molecule has 0 fully saturated rings. The van der Waals surface area contributed by atoms with Crippen LogP contribution in [0.5, 0.6) is 11.5 Å². The Balaban J connectivity index is 1.47. The second-order valence-corrected chi connectivity index (χ2v) is 10.3. The van der Waals surface area contributed by atoms with Gasteiger partial charge in [0.1, 0.15) is 11.5 Å². The van der Waals surface area contributed by atoms with Crippen molar-refractivity contribution < 1.29 is 9.47 Å². The lowest BCUT2D eigenvalue weighted by atomic mass is 9.85. The molecule has 1 aliphatic heterocycles. The summed E-state index contributed by atoms with van der Waals surface area (Å²) in [6.07, 6.45) is 10.6. The van der Waals surface area contributed by atoms with Crippen LogP contribution in [0.4, 0.5) is 5.95 Å². The van der Waals surface area contributed by atoms with Crippen LogP contribution in [-0.4, -0.2) is 29.9 Å². The van der Waals surface area contributed by atoms with E-state index in [4.69, 9.17) is 19.5 Å². The van der Waals surface area contributed by atoms with Gasteiger partial charge in [0.15, 0.2) is 0 Å². The molecule has 1 aliphatic carbocycles.